The highest BCUT2D eigenvalue weighted by molar-refractivity contribution is 9.10. The van der Waals surface area contributed by atoms with Gasteiger partial charge in [0.2, 0.25) is 5.95 Å². The number of anilines is 2. The van der Waals surface area contributed by atoms with Gasteiger partial charge in [-0.05, 0) is 47.7 Å². The van der Waals surface area contributed by atoms with Crippen molar-refractivity contribution < 1.29 is 4.79 Å². The Kier molecular flexibility index (Phi) is 4.19. The van der Waals surface area contributed by atoms with Gasteiger partial charge in [0.05, 0.1) is 15.7 Å². The summed E-state index contributed by atoms with van der Waals surface area (Å²) >= 11 is 3.40. The van der Waals surface area contributed by atoms with Crippen molar-refractivity contribution in [2.45, 2.75) is 43.8 Å². The lowest BCUT2D eigenvalue weighted by molar-refractivity contribution is 0.100. The zero-order valence-corrected chi connectivity index (χ0v) is 16.7. The van der Waals surface area contributed by atoms with Crippen molar-refractivity contribution in [2.75, 3.05) is 10.2 Å². The van der Waals surface area contributed by atoms with Gasteiger partial charge in [-0.15, -0.1) is 0 Å². The van der Waals surface area contributed by atoms with E-state index >= 15 is 0 Å². The van der Waals surface area contributed by atoms with E-state index in [0.717, 1.165) is 52.8 Å². The van der Waals surface area contributed by atoms with Crippen LogP contribution in [0, 0.1) is 0 Å². The normalized spacial score (nSPS) is 23.9. The van der Waals surface area contributed by atoms with Gasteiger partial charge in [-0.2, -0.15) is 0 Å². The molecule has 5 heterocycles. The molecule has 3 aromatic heterocycles. The Morgan fingerprint density at radius 2 is 1.89 bits per heavy atom. The molecule has 2 saturated heterocycles. The first-order valence-corrected chi connectivity index (χ1v) is 10.2. The maximum atomic E-state index is 11.9. The Morgan fingerprint density at radius 3 is 2.57 bits per heavy atom. The summed E-state index contributed by atoms with van der Waals surface area (Å²) in [7, 11) is 0. The van der Waals surface area contributed by atoms with E-state index in [0.29, 0.717) is 17.6 Å². The summed E-state index contributed by atoms with van der Waals surface area (Å²) < 4.78 is 0.882. The molecule has 0 radical (unpaired) electrons. The lowest BCUT2D eigenvalue weighted by Gasteiger charge is -2.39. The molecular formula is C19H20BrN7O. The van der Waals surface area contributed by atoms with E-state index in [1.54, 1.807) is 18.6 Å². The Bertz CT molecular complexity index is 1020. The number of H-pyrrole nitrogens is 1. The first-order valence-electron chi connectivity index (χ1n) is 9.38. The molecule has 0 spiro atoms. The number of rotatable bonds is 4. The summed E-state index contributed by atoms with van der Waals surface area (Å²) in [6.07, 6.45) is 11.1. The number of halogens is 1. The predicted molar refractivity (Wildman–Crippen MR) is 110 cm³/mol. The first-order chi connectivity index (χ1) is 13.6. The molecule has 3 atom stereocenters. The minimum atomic E-state index is -0.471. The second kappa shape index (κ2) is 6.73. The number of nitrogens with zero attached hydrogens (tertiary/aromatic N) is 4. The summed E-state index contributed by atoms with van der Waals surface area (Å²) in [6.45, 7) is 0. The number of carbonyl (C=O) groups is 1. The van der Waals surface area contributed by atoms with Gasteiger partial charge in [-0.1, -0.05) is 0 Å². The van der Waals surface area contributed by atoms with Crippen LogP contribution in [0.25, 0.3) is 11.0 Å². The molecule has 144 valence electrons. The van der Waals surface area contributed by atoms with Crippen molar-refractivity contribution in [1.82, 2.24) is 19.9 Å². The lowest BCUT2D eigenvalue weighted by Crippen LogP contribution is -2.47. The number of nitrogens with one attached hydrogen (secondary N) is 2. The molecule has 2 bridgehead atoms. The van der Waals surface area contributed by atoms with Crippen molar-refractivity contribution in [3.8, 4) is 0 Å². The van der Waals surface area contributed by atoms with Crippen LogP contribution in [0.1, 0.15) is 36.0 Å². The van der Waals surface area contributed by atoms with Crippen LogP contribution in [-0.4, -0.2) is 44.0 Å². The van der Waals surface area contributed by atoms with Crippen LogP contribution in [0.5, 0.6) is 0 Å². The Balaban J connectivity index is 1.41. The highest BCUT2D eigenvalue weighted by Crippen LogP contribution is 2.39. The van der Waals surface area contributed by atoms with Gasteiger partial charge in [-0.3, -0.25) is 4.79 Å². The minimum absolute atomic E-state index is 0.253. The van der Waals surface area contributed by atoms with Crippen LogP contribution in [0.15, 0.2) is 35.3 Å². The number of primary amides is 1. The van der Waals surface area contributed by atoms with Crippen molar-refractivity contribution in [1.29, 1.82) is 0 Å². The van der Waals surface area contributed by atoms with Crippen molar-refractivity contribution in [2.24, 2.45) is 5.73 Å². The quantitative estimate of drug-likeness (QED) is 0.573. The third-order valence-corrected chi connectivity index (χ3v) is 6.18. The van der Waals surface area contributed by atoms with Crippen LogP contribution in [0.2, 0.25) is 0 Å². The largest absolute Gasteiger partial charge is 0.381 e. The van der Waals surface area contributed by atoms with Gasteiger partial charge < -0.3 is 20.9 Å². The third-order valence-electron chi connectivity index (χ3n) is 5.77. The monoisotopic (exact) mass is 441 g/mol. The zero-order valence-electron chi connectivity index (χ0n) is 15.1. The average Bonchev–Trinajstić information content (AvgIpc) is 3.25. The number of hydrogen-bond donors (Lipinski definition) is 3. The van der Waals surface area contributed by atoms with Gasteiger partial charge >= 0.3 is 0 Å². The molecule has 4 N–H and O–H groups in total. The van der Waals surface area contributed by atoms with Crippen LogP contribution in [-0.2, 0) is 0 Å². The summed E-state index contributed by atoms with van der Waals surface area (Å²) in [5.74, 6) is 0.325. The molecule has 0 unspecified atom stereocenters. The Labute approximate surface area is 170 Å². The summed E-state index contributed by atoms with van der Waals surface area (Å²) in [4.78, 5) is 30.7. The maximum Gasteiger partial charge on any atom is 0.252 e. The Morgan fingerprint density at radius 1 is 1.18 bits per heavy atom. The second-order valence-corrected chi connectivity index (χ2v) is 8.37. The fourth-order valence-corrected chi connectivity index (χ4v) is 4.82. The number of fused-ring (bicyclic) bond motifs is 3. The SMILES string of the molecule is NC(=O)c1cnc2[nH]ccc2c1N[C@@H]1C[C@H]2CC[C@@H](C1)N2c1ncc(Br)cn1. The predicted octanol–water partition coefficient (Wildman–Crippen LogP) is 2.83. The van der Waals surface area contributed by atoms with E-state index in [2.05, 4.69) is 46.1 Å². The zero-order chi connectivity index (χ0) is 19.3. The highest BCUT2D eigenvalue weighted by atomic mass is 79.9. The molecule has 5 rings (SSSR count). The number of hydrogen-bond acceptors (Lipinski definition) is 6. The number of piperidine rings is 1. The second-order valence-electron chi connectivity index (χ2n) is 7.46. The maximum absolute atomic E-state index is 11.9. The van der Waals surface area contributed by atoms with Crippen molar-refractivity contribution in [3.05, 3.63) is 40.9 Å². The molecule has 8 nitrogen and oxygen atoms in total. The van der Waals surface area contributed by atoms with Crippen LogP contribution in [0.4, 0.5) is 11.6 Å². The molecule has 2 aliphatic heterocycles. The molecular weight excluding hydrogens is 422 g/mol. The summed E-state index contributed by atoms with van der Waals surface area (Å²) in [5, 5.41) is 4.50. The molecule has 2 fully saturated rings. The fraction of sp³-hybridized carbons (Fsp3) is 0.368. The fourth-order valence-electron chi connectivity index (χ4n) is 4.61. The number of amides is 1. The number of aromatic amines is 1. The first kappa shape index (κ1) is 17.4. The molecule has 28 heavy (non-hydrogen) atoms. The van der Waals surface area contributed by atoms with Gasteiger partial charge in [0.15, 0.2) is 0 Å². The number of carbonyl (C=O) groups excluding carboxylic acids is 1. The van der Waals surface area contributed by atoms with E-state index in [1.807, 2.05) is 12.3 Å². The Hall–Kier alpha value is -2.68. The van der Waals surface area contributed by atoms with Gasteiger partial charge in [-0.25, -0.2) is 15.0 Å². The smallest absolute Gasteiger partial charge is 0.252 e. The van der Waals surface area contributed by atoms with E-state index in [1.165, 1.54) is 0 Å². The molecule has 1 amide bonds. The van der Waals surface area contributed by atoms with Gasteiger partial charge in [0, 0.05) is 48.3 Å². The van der Waals surface area contributed by atoms with Gasteiger partial charge in [0.25, 0.3) is 5.91 Å². The summed E-state index contributed by atoms with van der Waals surface area (Å²) in [6, 6.07) is 2.95. The van der Waals surface area contributed by atoms with Crippen molar-refractivity contribution in [3.63, 3.8) is 0 Å². The van der Waals surface area contributed by atoms with Gasteiger partial charge in [0.1, 0.15) is 5.65 Å². The topological polar surface area (TPSA) is 113 Å². The number of pyridine rings is 1. The standard InChI is InChI=1S/C19H20BrN7O/c20-10-7-24-19(25-8-10)27-12-1-2-13(27)6-11(5-12)26-16-14-3-4-22-18(14)23-9-15(16)17(21)28/h3-4,7-9,11-13H,1-2,5-6H2,(H2,21,28)(H2,22,23,26)/t11-,12-,13+. The average molecular weight is 442 g/mol. The van der Waals surface area contributed by atoms with E-state index in [-0.39, 0.29) is 6.04 Å². The molecule has 9 heteroatoms. The van der Waals surface area contributed by atoms with Crippen molar-refractivity contribution >= 4 is 44.5 Å². The van der Waals surface area contributed by atoms with Crippen LogP contribution in [0.3, 0.4) is 0 Å². The molecule has 2 aliphatic rings. The van der Waals surface area contributed by atoms with Crippen LogP contribution < -0.4 is 16.0 Å². The molecule has 3 aromatic rings. The molecule has 0 saturated carbocycles. The van der Waals surface area contributed by atoms with E-state index < -0.39 is 5.91 Å². The minimum Gasteiger partial charge on any atom is -0.381 e. The highest BCUT2D eigenvalue weighted by Gasteiger charge is 2.42. The summed E-state index contributed by atoms with van der Waals surface area (Å²) in [5.41, 5.74) is 7.55. The molecule has 0 aromatic carbocycles. The number of nitrogens with two attached hydrogens (primary N) is 1. The molecule has 0 aliphatic carbocycles. The van der Waals surface area contributed by atoms with E-state index in [4.69, 9.17) is 5.73 Å². The third kappa shape index (κ3) is 2.90. The van der Waals surface area contributed by atoms with Crippen LogP contribution >= 0.6 is 15.9 Å². The van der Waals surface area contributed by atoms with E-state index in [9.17, 15) is 4.79 Å². The number of aromatic nitrogens is 4. The lowest BCUT2D eigenvalue weighted by atomic mass is 9.96.